The van der Waals surface area contributed by atoms with Gasteiger partial charge in [0, 0.05) is 0 Å². The molecule has 0 aliphatic heterocycles. The largest absolute Gasteiger partial charge is 0.0851 e. The van der Waals surface area contributed by atoms with E-state index in [1.807, 2.05) is 0 Å². The molecule has 1 rings (SSSR count). The van der Waals surface area contributed by atoms with Gasteiger partial charge in [0.15, 0.2) is 0 Å². The molecule has 0 saturated heterocycles. The van der Waals surface area contributed by atoms with Crippen LogP contribution in [0.2, 0.25) is 0 Å². The molecule has 0 aromatic carbocycles. The van der Waals surface area contributed by atoms with Crippen molar-refractivity contribution in [3.63, 3.8) is 0 Å². The highest BCUT2D eigenvalue weighted by Crippen LogP contribution is 2.24. The highest BCUT2D eigenvalue weighted by molar-refractivity contribution is 5.08. The van der Waals surface area contributed by atoms with Gasteiger partial charge in [0.25, 0.3) is 0 Å². The molecule has 0 aromatic rings. The summed E-state index contributed by atoms with van der Waals surface area (Å²) in [6.45, 7) is 6.42. The summed E-state index contributed by atoms with van der Waals surface area (Å²) in [5.41, 5.74) is 1.62. The molecule has 0 aromatic heterocycles. The Labute approximate surface area is 77.1 Å². The first-order chi connectivity index (χ1) is 5.84. The lowest BCUT2D eigenvalue weighted by Crippen LogP contribution is -2.00. The van der Waals surface area contributed by atoms with Crippen LogP contribution in [0.5, 0.6) is 0 Å². The Balaban J connectivity index is 2.46. The lowest BCUT2D eigenvalue weighted by Gasteiger charge is -2.16. The maximum atomic E-state index is 4.18. The smallest absolute Gasteiger partial charge is 0.0206 e. The van der Waals surface area contributed by atoms with E-state index in [1.54, 1.807) is 5.57 Å². The summed E-state index contributed by atoms with van der Waals surface area (Å²) in [5, 5.41) is 0. The number of allylic oxidation sites excluding steroid dienone is 2. The molecule has 1 aliphatic rings. The Morgan fingerprint density at radius 1 is 1.33 bits per heavy atom. The molecular weight excluding hydrogens is 144 g/mol. The van der Waals surface area contributed by atoms with Gasteiger partial charge in [0.1, 0.15) is 0 Å². The van der Waals surface area contributed by atoms with Gasteiger partial charge < -0.3 is 0 Å². The standard InChI is InChI=1S/C12H21/c1-3-11(2)12-9-7-5-4-6-8-10-12/h9,11H,2-8,10H2,1H3. The van der Waals surface area contributed by atoms with E-state index >= 15 is 0 Å². The van der Waals surface area contributed by atoms with Crippen molar-refractivity contribution in [1.82, 2.24) is 0 Å². The molecule has 0 N–H and O–H groups in total. The topological polar surface area (TPSA) is 0 Å². The van der Waals surface area contributed by atoms with Crippen molar-refractivity contribution in [3.8, 4) is 0 Å². The van der Waals surface area contributed by atoms with Gasteiger partial charge in [0.05, 0.1) is 0 Å². The Kier molecular flexibility index (Phi) is 4.42. The summed E-state index contributed by atoms with van der Waals surface area (Å²) in [6.07, 6.45) is 11.9. The second kappa shape index (κ2) is 5.40. The second-order valence-corrected chi connectivity index (χ2v) is 3.84. The maximum absolute atomic E-state index is 4.18. The first-order valence-electron chi connectivity index (χ1n) is 5.36. The quantitative estimate of drug-likeness (QED) is 0.540. The van der Waals surface area contributed by atoms with Crippen molar-refractivity contribution in [2.45, 2.75) is 51.9 Å². The summed E-state index contributed by atoms with van der Waals surface area (Å²) in [6, 6.07) is 0. The first-order valence-corrected chi connectivity index (χ1v) is 5.36. The fraction of sp³-hybridized carbons (Fsp3) is 0.750. The predicted octanol–water partition coefficient (Wildman–Crippen LogP) is 4.13. The second-order valence-electron chi connectivity index (χ2n) is 3.84. The lowest BCUT2D eigenvalue weighted by atomic mass is 9.90. The molecule has 1 radical (unpaired) electrons. The molecule has 0 bridgehead atoms. The van der Waals surface area contributed by atoms with Gasteiger partial charge >= 0.3 is 0 Å². The Morgan fingerprint density at radius 3 is 2.83 bits per heavy atom. The van der Waals surface area contributed by atoms with E-state index in [4.69, 9.17) is 0 Å². The highest BCUT2D eigenvalue weighted by atomic mass is 14.1. The molecule has 0 nitrogen and oxygen atoms in total. The molecule has 12 heavy (non-hydrogen) atoms. The van der Waals surface area contributed by atoms with Crippen LogP contribution in [0.1, 0.15) is 51.9 Å². The lowest BCUT2D eigenvalue weighted by molar-refractivity contribution is 0.582. The van der Waals surface area contributed by atoms with Gasteiger partial charge in [-0.3, -0.25) is 0 Å². The summed E-state index contributed by atoms with van der Waals surface area (Å²) in [4.78, 5) is 0. The van der Waals surface area contributed by atoms with E-state index in [0.717, 1.165) is 0 Å². The average molecular weight is 165 g/mol. The van der Waals surface area contributed by atoms with Crippen LogP contribution in [0, 0.1) is 12.8 Å². The Bertz CT molecular complexity index is 144. The molecular formula is C12H21. The van der Waals surface area contributed by atoms with E-state index < -0.39 is 0 Å². The molecule has 1 unspecified atom stereocenters. The summed E-state index contributed by atoms with van der Waals surface area (Å²) in [5.74, 6) is 0.586. The molecule has 0 heteroatoms. The van der Waals surface area contributed by atoms with Crippen LogP contribution < -0.4 is 0 Å². The Morgan fingerprint density at radius 2 is 2.08 bits per heavy atom. The normalized spacial score (nSPS) is 22.3. The molecule has 1 atom stereocenters. The minimum atomic E-state index is 0.586. The third-order valence-electron chi connectivity index (χ3n) is 2.84. The van der Waals surface area contributed by atoms with Gasteiger partial charge in [-0.15, -0.1) is 0 Å². The van der Waals surface area contributed by atoms with Crippen molar-refractivity contribution in [1.29, 1.82) is 0 Å². The molecule has 0 spiro atoms. The van der Waals surface area contributed by atoms with E-state index in [2.05, 4.69) is 19.9 Å². The molecule has 1 aliphatic carbocycles. The monoisotopic (exact) mass is 165 g/mol. The summed E-state index contributed by atoms with van der Waals surface area (Å²) >= 11 is 0. The zero-order valence-corrected chi connectivity index (χ0v) is 8.31. The van der Waals surface area contributed by atoms with Crippen LogP contribution in [0.4, 0.5) is 0 Å². The fourth-order valence-electron chi connectivity index (χ4n) is 1.85. The van der Waals surface area contributed by atoms with E-state index in [-0.39, 0.29) is 0 Å². The van der Waals surface area contributed by atoms with Crippen LogP contribution in [0.3, 0.4) is 0 Å². The third-order valence-corrected chi connectivity index (χ3v) is 2.84. The summed E-state index contributed by atoms with van der Waals surface area (Å²) in [7, 11) is 0. The zero-order valence-electron chi connectivity index (χ0n) is 8.31. The van der Waals surface area contributed by atoms with Crippen LogP contribution in [-0.4, -0.2) is 0 Å². The fourth-order valence-corrected chi connectivity index (χ4v) is 1.85. The van der Waals surface area contributed by atoms with Crippen molar-refractivity contribution >= 4 is 0 Å². The van der Waals surface area contributed by atoms with Gasteiger partial charge in [-0.25, -0.2) is 0 Å². The van der Waals surface area contributed by atoms with Gasteiger partial charge in [-0.1, -0.05) is 31.4 Å². The average Bonchev–Trinajstić information content (AvgIpc) is 2.02. The van der Waals surface area contributed by atoms with Crippen molar-refractivity contribution < 1.29 is 0 Å². The molecule has 69 valence electrons. The minimum Gasteiger partial charge on any atom is -0.0851 e. The van der Waals surface area contributed by atoms with Crippen LogP contribution in [0.15, 0.2) is 11.6 Å². The third kappa shape index (κ3) is 3.00. The highest BCUT2D eigenvalue weighted by Gasteiger charge is 2.07. The molecule has 0 saturated carbocycles. The SMILES string of the molecule is [CH2]C(CC)C1=CCCCCCC1. The predicted molar refractivity (Wildman–Crippen MR) is 54.9 cm³/mol. The number of hydrogen-bond acceptors (Lipinski definition) is 0. The van der Waals surface area contributed by atoms with E-state index in [9.17, 15) is 0 Å². The van der Waals surface area contributed by atoms with Crippen LogP contribution >= 0.6 is 0 Å². The molecule has 0 heterocycles. The minimum absolute atomic E-state index is 0.586. The van der Waals surface area contributed by atoms with Crippen molar-refractivity contribution in [2.75, 3.05) is 0 Å². The molecule has 0 amide bonds. The Hall–Kier alpha value is -0.260. The van der Waals surface area contributed by atoms with E-state index in [1.165, 1.54) is 44.9 Å². The van der Waals surface area contributed by atoms with Crippen molar-refractivity contribution in [2.24, 2.45) is 5.92 Å². The van der Waals surface area contributed by atoms with Gasteiger partial charge in [-0.2, -0.15) is 0 Å². The zero-order chi connectivity index (χ0) is 8.81. The molecule has 0 fully saturated rings. The van der Waals surface area contributed by atoms with E-state index in [0.29, 0.717) is 5.92 Å². The number of rotatable bonds is 2. The van der Waals surface area contributed by atoms with Crippen LogP contribution in [0.25, 0.3) is 0 Å². The first kappa shape index (κ1) is 9.83. The summed E-state index contributed by atoms with van der Waals surface area (Å²) < 4.78 is 0. The van der Waals surface area contributed by atoms with Gasteiger partial charge in [-0.05, 0) is 44.9 Å². The number of hydrogen-bond donors (Lipinski definition) is 0. The van der Waals surface area contributed by atoms with Crippen molar-refractivity contribution in [3.05, 3.63) is 18.6 Å². The maximum Gasteiger partial charge on any atom is -0.0206 e. The van der Waals surface area contributed by atoms with Gasteiger partial charge in [0.2, 0.25) is 0 Å². The van der Waals surface area contributed by atoms with Crippen LogP contribution in [-0.2, 0) is 0 Å².